The number of carbonyl (C=O) groups excluding carboxylic acids is 1. The van der Waals surface area contributed by atoms with Crippen molar-refractivity contribution in [3.05, 3.63) is 71.8 Å². The molecule has 0 unspecified atom stereocenters. The third-order valence-corrected chi connectivity index (χ3v) is 5.88. The van der Waals surface area contributed by atoms with Crippen LogP contribution in [0.3, 0.4) is 0 Å². The van der Waals surface area contributed by atoms with Crippen LogP contribution in [0.25, 0.3) is 0 Å². The molecule has 0 spiro atoms. The van der Waals surface area contributed by atoms with Crippen LogP contribution in [0, 0.1) is 0 Å². The first-order chi connectivity index (χ1) is 11.1. The molecule has 3 rings (SSSR count). The van der Waals surface area contributed by atoms with Crippen molar-refractivity contribution in [3.63, 3.8) is 0 Å². The summed E-state index contributed by atoms with van der Waals surface area (Å²) in [6.07, 6.45) is 0.508. The van der Waals surface area contributed by atoms with Crippen LogP contribution in [0.5, 0.6) is 0 Å². The molecule has 1 heterocycles. The molecule has 1 aliphatic heterocycles. The van der Waals surface area contributed by atoms with Gasteiger partial charge < -0.3 is 4.90 Å². The summed E-state index contributed by atoms with van der Waals surface area (Å²) in [6, 6.07) is 18.5. The number of benzene rings is 2. The molecule has 0 radical (unpaired) electrons. The maximum absolute atomic E-state index is 12.9. The van der Waals surface area contributed by atoms with Gasteiger partial charge in [0.15, 0.2) is 9.84 Å². The number of sulfone groups is 1. The minimum atomic E-state index is -3.04. The maximum atomic E-state index is 12.9. The second-order valence-corrected chi connectivity index (χ2v) is 8.07. The Labute approximate surface area is 136 Å². The lowest BCUT2D eigenvalue weighted by Gasteiger charge is -2.28. The fraction of sp³-hybridized carbons (Fsp3) is 0.278. The molecule has 1 aliphatic rings. The molecule has 2 aromatic carbocycles. The SMILES string of the molecule is O=C(c1ccccc1)N(Cc1ccccc1)[C@@H]1CCS(=O)(=O)C1. The van der Waals surface area contributed by atoms with Crippen molar-refractivity contribution in [2.24, 2.45) is 0 Å². The molecule has 0 bridgehead atoms. The minimum absolute atomic E-state index is 0.0540. The summed E-state index contributed by atoms with van der Waals surface area (Å²) in [5.41, 5.74) is 1.59. The first-order valence-corrected chi connectivity index (χ1v) is 9.48. The van der Waals surface area contributed by atoms with Crippen molar-refractivity contribution in [1.82, 2.24) is 4.90 Å². The number of rotatable bonds is 4. The summed E-state index contributed by atoms with van der Waals surface area (Å²) in [5, 5.41) is 0. The molecule has 1 atom stereocenters. The highest BCUT2D eigenvalue weighted by molar-refractivity contribution is 7.91. The predicted molar refractivity (Wildman–Crippen MR) is 89.8 cm³/mol. The molecule has 5 heteroatoms. The van der Waals surface area contributed by atoms with Gasteiger partial charge in [0.05, 0.1) is 11.5 Å². The molecule has 4 nitrogen and oxygen atoms in total. The first kappa shape index (κ1) is 15.7. The van der Waals surface area contributed by atoms with E-state index in [-0.39, 0.29) is 23.5 Å². The van der Waals surface area contributed by atoms with Gasteiger partial charge in [-0.25, -0.2) is 8.42 Å². The normalized spacial score (nSPS) is 19.4. The fourth-order valence-corrected chi connectivity index (χ4v) is 4.65. The molecule has 1 amide bonds. The highest BCUT2D eigenvalue weighted by Crippen LogP contribution is 2.22. The van der Waals surface area contributed by atoms with Gasteiger partial charge in [0.2, 0.25) is 0 Å². The Morgan fingerprint density at radius 3 is 2.17 bits per heavy atom. The van der Waals surface area contributed by atoms with Crippen LogP contribution in [0.4, 0.5) is 0 Å². The number of hydrogen-bond acceptors (Lipinski definition) is 3. The molecule has 0 aliphatic carbocycles. The van der Waals surface area contributed by atoms with E-state index in [4.69, 9.17) is 0 Å². The summed E-state index contributed by atoms with van der Waals surface area (Å²) in [4.78, 5) is 14.6. The summed E-state index contributed by atoms with van der Waals surface area (Å²) >= 11 is 0. The van der Waals surface area contributed by atoms with Crippen molar-refractivity contribution in [3.8, 4) is 0 Å². The van der Waals surface area contributed by atoms with E-state index in [1.807, 2.05) is 48.5 Å². The monoisotopic (exact) mass is 329 g/mol. The van der Waals surface area contributed by atoms with Crippen LogP contribution in [-0.4, -0.2) is 36.8 Å². The van der Waals surface area contributed by atoms with Gasteiger partial charge in [0.25, 0.3) is 5.91 Å². The highest BCUT2D eigenvalue weighted by atomic mass is 32.2. The molecule has 0 N–H and O–H groups in total. The molecule has 23 heavy (non-hydrogen) atoms. The zero-order chi connectivity index (χ0) is 16.3. The summed E-state index contributed by atoms with van der Waals surface area (Å²) in [6.45, 7) is 0.425. The van der Waals surface area contributed by atoms with Crippen LogP contribution in [0.15, 0.2) is 60.7 Å². The summed E-state index contributed by atoms with van der Waals surface area (Å²) < 4.78 is 23.6. The molecule has 2 aromatic rings. The van der Waals surface area contributed by atoms with E-state index in [0.29, 0.717) is 18.5 Å². The number of carbonyl (C=O) groups is 1. The van der Waals surface area contributed by atoms with Crippen molar-refractivity contribution < 1.29 is 13.2 Å². The van der Waals surface area contributed by atoms with E-state index in [2.05, 4.69) is 0 Å². The Balaban J connectivity index is 1.89. The van der Waals surface area contributed by atoms with Gasteiger partial charge in [-0.15, -0.1) is 0 Å². The zero-order valence-electron chi connectivity index (χ0n) is 12.8. The van der Waals surface area contributed by atoms with Crippen LogP contribution >= 0.6 is 0 Å². The zero-order valence-corrected chi connectivity index (χ0v) is 13.6. The summed E-state index contributed by atoms with van der Waals surface area (Å²) in [5.74, 6) is 0.0974. The molecule has 120 valence electrons. The molecule has 1 saturated heterocycles. The van der Waals surface area contributed by atoms with Crippen LogP contribution in [-0.2, 0) is 16.4 Å². The molecular formula is C18H19NO3S. The van der Waals surface area contributed by atoms with Crippen molar-refractivity contribution in [1.29, 1.82) is 0 Å². The van der Waals surface area contributed by atoms with E-state index in [0.717, 1.165) is 5.56 Å². The van der Waals surface area contributed by atoms with Gasteiger partial charge in [0.1, 0.15) is 0 Å². The van der Waals surface area contributed by atoms with Crippen LogP contribution < -0.4 is 0 Å². The van der Waals surface area contributed by atoms with E-state index < -0.39 is 9.84 Å². The lowest BCUT2D eigenvalue weighted by atomic mass is 10.1. The average Bonchev–Trinajstić information content (AvgIpc) is 2.93. The van der Waals surface area contributed by atoms with Gasteiger partial charge in [-0.05, 0) is 24.1 Å². The first-order valence-electron chi connectivity index (χ1n) is 7.65. The topological polar surface area (TPSA) is 54.5 Å². The van der Waals surface area contributed by atoms with Gasteiger partial charge in [-0.2, -0.15) is 0 Å². The lowest BCUT2D eigenvalue weighted by molar-refractivity contribution is 0.0681. The van der Waals surface area contributed by atoms with Crippen LogP contribution in [0.1, 0.15) is 22.3 Å². The Morgan fingerprint density at radius 1 is 1.00 bits per heavy atom. The molecule has 1 fully saturated rings. The second-order valence-electron chi connectivity index (χ2n) is 5.84. The molecule has 0 saturated carbocycles. The maximum Gasteiger partial charge on any atom is 0.254 e. The number of amides is 1. The fourth-order valence-electron chi connectivity index (χ4n) is 2.91. The molecule has 0 aromatic heterocycles. The Hall–Kier alpha value is -2.14. The minimum Gasteiger partial charge on any atom is -0.330 e. The van der Waals surface area contributed by atoms with Gasteiger partial charge in [0, 0.05) is 18.2 Å². The van der Waals surface area contributed by atoms with Crippen molar-refractivity contribution in [2.45, 2.75) is 19.0 Å². The largest absolute Gasteiger partial charge is 0.330 e. The third kappa shape index (κ3) is 3.79. The van der Waals surface area contributed by atoms with Gasteiger partial charge >= 0.3 is 0 Å². The van der Waals surface area contributed by atoms with E-state index in [1.54, 1.807) is 17.0 Å². The van der Waals surface area contributed by atoms with Crippen molar-refractivity contribution in [2.75, 3.05) is 11.5 Å². The quantitative estimate of drug-likeness (QED) is 0.866. The van der Waals surface area contributed by atoms with Crippen LogP contribution in [0.2, 0.25) is 0 Å². The van der Waals surface area contributed by atoms with Gasteiger partial charge in [-0.1, -0.05) is 48.5 Å². The lowest BCUT2D eigenvalue weighted by Crippen LogP contribution is -2.40. The van der Waals surface area contributed by atoms with Gasteiger partial charge in [-0.3, -0.25) is 4.79 Å². The summed E-state index contributed by atoms with van der Waals surface area (Å²) in [7, 11) is -3.04. The Kier molecular flexibility index (Phi) is 4.48. The third-order valence-electron chi connectivity index (χ3n) is 4.13. The molecular weight excluding hydrogens is 310 g/mol. The predicted octanol–water partition coefficient (Wildman–Crippen LogP) is 2.52. The van der Waals surface area contributed by atoms with E-state index in [1.165, 1.54) is 0 Å². The number of nitrogens with zero attached hydrogens (tertiary/aromatic N) is 1. The van der Waals surface area contributed by atoms with Crippen molar-refractivity contribution >= 4 is 15.7 Å². The van der Waals surface area contributed by atoms with E-state index in [9.17, 15) is 13.2 Å². The highest BCUT2D eigenvalue weighted by Gasteiger charge is 2.34. The average molecular weight is 329 g/mol. The smallest absolute Gasteiger partial charge is 0.254 e. The second kappa shape index (κ2) is 6.54. The van der Waals surface area contributed by atoms with E-state index >= 15 is 0 Å². The standard InChI is InChI=1S/C18H19NO3S/c20-18(16-9-5-2-6-10-16)19(13-15-7-3-1-4-8-15)17-11-12-23(21,22)14-17/h1-10,17H,11-14H2/t17-/m1/s1. The Morgan fingerprint density at radius 2 is 1.61 bits per heavy atom. The number of hydrogen-bond donors (Lipinski definition) is 0. The Bertz CT molecular complexity index is 772.